The number of carbonyl (C=O) groups excluding carboxylic acids is 2. The highest BCUT2D eigenvalue weighted by atomic mass is 35.5. The minimum Gasteiger partial charge on any atom is -0.465 e. The summed E-state index contributed by atoms with van der Waals surface area (Å²) in [5, 5.41) is 7.74. The number of halogens is 1. The minimum atomic E-state index is -0.608. The van der Waals surface area contributed by atoms with E-state index < -0.39 is 11.9 Å². The Morgan fingerprint density at radius 1 is 1.22 bits per heavy atom. The van der Waals surface area contributed by atoms with Crippen LogP contribution in [0.15, 0.2) is 30.6 Å². The molecule has 3 aromatic rings. The van der Waals surface area contributed by atoms with E-state index in [1.807, 2.05) is 19.1 Å². The summed E-state index contributed by atoms with van der Waals surface area (Å²) < 4.78 is 11.2. The van der Waals surface area contributed by atoms with Gasteiger partial charge in [0.25, 0.3) is 0 Å². The van der Waals surface area contributed by atoms with Gasteiger partial charge in [-0.15, -0.1) is 0 Å². The average molecular weight is 389 g/mol. The number of hydrogen-bond donors (Lipinski definition) is 1. The molecule has 1 N–H and O–H groups in total. The molecule has 0 unspecified atom stereocenters. The second-order valence-electron chi connectivity index (χ2n) is 5.63. The summed E-state index contributed by atoms with van der Waals surface area (Å²) in [6.07, 6.45) is 2.65. The van der Waals surface area contributed by atoms with Gasteiger partial charge in [0.2, 0.25) is 0 Å². The predicted molar refractivity (Wildman–Crippen MR) is 99.8 cm³/mol. The van der Waals surface area contributed by atoms with Gasteiger partial charge in [-0.25, -0.2) is 14.6 Å². The number of carbonyl (C=O) groups is 2. The number of aryl methyl sites for hydroxylation is 1. The molecule has 2 heterocycles. The van der Waals surface area contributed by atoms with E-state index in [1.54, 1.807) is 13.0 Å². The maximum Gasteiger partial charge on any atom is 0.343 e. The third-order valence-corrected chi connectivity index (χ3v) is 4.13. The first-order valence-corrected chi connectivity index (χ1v) is 8.49. The molecule has 0 saturated heterocycles. The molecule has 3 rings (SSSR count). The molecule has 0 atom stereocenters. The zero-order chi connectivity index (χ0) is 19.6. The second kappa shape index (κ2) is 7.63. The SMILES string of the molecule is CCOC(=O)c1cnn2c(Nc3cc(C)ccc3Cl)c(C(=O)OC)cnc12. The molecule has 0 radical (unpaired) electrons. The number of methoxy groups -OCH3 is 1. The van der Waals surface area contributed by atoms with Crippen molar-refractivity contribution < 1.29 is 19.1 Å². The van der Waals surface area contributed by atoms with E-state index in [4.69, 9.17) is 21.1 Å². The minimum absolute atomic E-state index is 0.140. The summed E-state index contributed by atoms with van der Waals surface area (Å²) in [7, 11) is 1.27. The molecule has 0 spiro atoms. The van der Waals surface area contributed by atoms with Crippen LogP contribution in [0.3, 0.4) is 0 Å². The molecule has 0 fully saturated rings. The van der Waals surface area contributed by atoms with Gasteiger partial charge in [0.15, 0.2) is 11.5 Å². The monoisotopic (exact) mass is 388 g/mol. The zero-order valence-corrected chi connectivity index (χ0v) is 15.7. The summed E-state index contributed by atoms with van der Waals surface area (Å²) >= 11 is 6.26. The first-order valence-electron chi connectivity index (χ1n) is 8.11. The predicted octanol–water partition coefficient (Wildman–Crippen LogP) is 3.40. The van der Waals surface area contributed by atoms with Gasteiger partial charge in [-0.1, -0.05) is 17.7 Å². The maximum atomic E-state index is 12.2. The number of nitrogens with zero attached hydrogens (tertiary/aromatic N) is 3. The third-order valence-electron chi connectivity index (χ3n) is 3.80. The molecule has 1 aromatic carbocycles. The molecule has 2 aromatic heterocycles. The highest BCUT2D eigenvalue weighted by Crippen LogP contribution is 2.29. The normalized spacial score (nSPS) is 10.7. The Labute approximate surface area is 160 Å². The number of esters is 2. The number of benzene rings is 1. The van der Waals surface area contributed by atoms with Gasteiger partial charge in [0.05, 0.1) is 30.6 Å². The Hall–Kier alpha value is -3.13. The zero-order valence-electron chi connectivity index (χ0n) is 14.9. The van der Waals surface area contributed by atoms with E-state index in [-0.39, 0.29) is 29.2 Å². The van der Waals surface area contributed by atoms with Crippen molar-refractivity contribution in [1.82, 2.24) is 14.6 Å². The van der Waals surface area contributed by atoms with Crippen LogP contribution in [0.4, 0.5) is 11.5 Å². The lowest BCUT2D eigenvalue weighted by atomic mass is 10.2. The van der Waals surface area contributed by atoms with E-state index in [1.165, 1.54) is 24.0 Å². The first kappa shape index (κ1) is 18.7. The van der Waals surface area contributed by atoms with Gasteiger partial charge < -0.3 is 14.8 Å². The van der Waals surface area contributed by atoms with E-state index in [0.29, 0.717) is 10.7 Å². The van der Waals surface area contributed by atoms with Crippen molar-refractivity contribution in [1.29, 1.82) is 0 Å². The van der Waals surface area contributed by atoms with Gasteiger partial charge in [0, 0.05) is 6.20 Å². The second-order valence-corrected chi connectivity index (χ2v) is 6.04. The van der Waals surface area contributed by atoms with Crippen molar-refractivity contribution in [3.05, 3.63) is 52.3 Å². The first-order chi connectivity index (χ1) is 13.0. The Morgan fingerprint density at radius 3 is 2.70 bits per heavy atom. The van der Waals surface area contributed by atoms with Crippen molar-refractivity contribution in [3.63, 3.8) is 0 Å². The van der Waals surface area contributed by atoms with Crippen LogP contribution in [-0.4, -0.2) is 40.3 Å². The van der Waals surface area contributed by atoms with Crippen LogP contribution in [0.25, 0.3) is 5.65 Å². The van der Waals surface area contributed by atoms with Gasteiger partial charge >= 0.3 is 11.9 Å². The summed E-state index contributed by atoms with van der Waals surface area (Å²) in [6.45, 7) is 3.84. The fourth-order valence-electron chi connectivity index (χ4n) is 2.53. The molecule has 8 nitrogen and oxygen atoms in total. The molecule has 9 heteroatoms. The highest BCUT2D eigenvalue weighted by Gasteiger charge is 2.22. The van der Waals surface area contributed by atoms with Crippen molar-refractivity contribution in [2.24, 2.45) is 0 Å². The third kappa shape index (κ3) is 3.56. The molecule has 140 valence electrons. The Morgan fingerprint density at radius 2 is 2.00 bits per heavy atom. The summed E-state index contributed by atoms with van der Waals surface area (Å²) in [5.41, 5.74) is 2.11. The highest BCUT2D eigenvalue weighted by molar-refractivity contribution is 6.33. The number of nitrogens with one attached hydrogen (secondary N) is 1. The smallest absolute Gasteiger partial charge is 0.343 e. The number of ether oxygens (including phenoxy) is 2. The van der Waals surface area contributed by atoms with Crippen molar-refractivity contribution in [2.45, 2.75) is 13.8 Å². The number of hydrogen-bond acceptors (Lipinski definition) is 7. The van der Waals surface area contributed by atoms with Crippen LogP contribution in [0.2, 0.25) is 5.02 Å². The molecule has 0 aliphatic heterocycles. The van der Waals surface area contributed by atoms with Crippen LogP contribution in [-0.2, 0) is 9.47 Å². The Kier molecular flexibility index (Phi) is 5.27. The fraction of sp³-hybridized carbons (Fsp3) is 0.222. The summed E-state index contributed by atoms with van der Waals surface area (Å²) in [6, 6.07) is 5.43. The lowest BCUT2D eigenvalue weighted by Crippen LogP contribution is -2.12. The number of aromatic nitrogens is 3. The van der Waals surface area contributed by atoms with Crippen LogP contribution in [0.1, 0.15) is 33.2 Å². The van der Waals surface area contributed by atoms with E-state index >= 15 is 0 Å². The van der Waals surface area contributed by atoms with E-state index in [0.717, 1.165) is 5.56 Å². The molecule has 0 amide bonds. The van der Waals surface area contributed by atoms with Gasteiger partial charge in [-0.2, -0.15) is 9.61 Å². The number of rotatable bonds is 5. The largest absolute Gasteiger partial charge is 0.465 e. The average Bonchev–Trinajstić information content (AvgIpc) is 3.09. The van der Waals surface area contributed by atoms with Crippen molar-refractivity contribution in [3.8, 4) is 0 Å². The molecule has 0 aliphatic carbocycles. The summed E-state index contributed by atoms with van der Waals surface area (Å²) in [5.74, 6) is -0.885. The van der Waals surface area contributed by atoms with Crippen LogP contribution in [0, 0.1) is 6.92 Å². The van der Waals surface area contributed by atoms with E-state index in [2.05, 4.69) is 15.4 Å². The molecule has 0 saturated carbocycles. The summed E-state index contributed by atoms with van der Waals surface area (Å²) in [4.78, 5) is 28.5. The molecule has 27 heavy (non-hydrogen) atoms. The van der Waals surface area contributed by atoms with Crippen LogP contribution < -0.4 is 5.32 Å². The topological polar surface area (TPSA) is 94.8 Å². The van der Waals surface area contributed by atoms with Gasteiger partial charge in [-0.05, 0) is 31.5 Å². The number of anilines is 2. The molecule has 0 bridgehead atoms. The van der Waals surface area contributed by atoms with Gasteiger partial charge in [0.1, 0.15) is 11.1 Å². The lowest BCUT2D eigenvalue weighted by Gasteiger charge is -2.14. The molecule has 0 aliphatic rings. The van der Waals surface area contributed by atoms with Crippen LogP contribution in [0.5, 0.6) is 0 Å². The lowest BCUT2D eigenvalue weighted by molar-refractivity contribution is 0.0527. The van der Waals surface area contributed by atoms with E-state index in [9.17, 15) is 9.59 Å². The van der Waals surface area contributed by atoms with Crippen LogP contribution >= 0.6 is 11.6 Å². The Balaban J connectivity index is 2.19. The van der Waals surface area contributed by atoms with Crippen molar-refractivity contribution in [2.75, 3.05) is 19.0 Å². The maximum absolute atomic E-state index is 12.2. The van der Waals surface area contributed by atoms with Gasteiger partial charge in [-0.3, -0.25) is 0 Å². The number of fused-ring (bicyclic) bond motifs is 1. The quantitative estimate of drug-likeness (QED) is 0.669. The Bertz CT molecular complexity index is 1030. The fourth-order valence-corrected chi connectivity index (χ4v) is 2.69. The molecular formula is C18H17ClN4O4. The van der Waals surface area contributed by atoms with Crippen molar-refractivity contribution >= 4 is 40.7 Å². The molecular weight excluding hydrogens is 372 g/mol. The standard InChI is InChI=1S/C18H17ClN4O4/c1-4-27-18(25)12-9-21-23-15(12)20-8-11(17(24)26-3)16(23)22-14-7-10(2)5-6-13(14)19/h5-9,22H,4H2,1-3H3.